The summed E-state index contributed by atoms with van der Waals surface area (Å²) in [6, 6.07) is 9.94. The molecule has 0 radical (unpaired) electrons. The van der Waals surface area contributed by atoms with Gasteiger partial charge in [0.05, 0.1) is 12.2 Å². The molecular formula is C22H18FN5O2. The minimum absolute atomic E-state index is 0.248. The summed E-state index contributed by atoms with van der Waals surface area (Å²) in [5, 5.41) is 14.9. The van der Waals surface area contributed by atoms with Crippen molar-refractivity contribution < 1.29 is 9.50 Å². The van der Waals surface area contributed by atoms with Crippen LogP contribution in [-0.2, 0) is 6.54 Å². The maximum absolute atomic E-state index is 13.6. The molecule has 1 aliphatic rings. The lowest BCUT2D eigenvalue weighted by Crippen LogP contribution is -2.32. The molecule has 0 spiro atoms. The third kappa shape index (κ3) is 2.88. The molecule has 1 aliphatic heterocycles. The van der Waals surface area contributed by atoms with Crippen LogP contribution < -0.4 is 5.43 Å². The largest absolute Gasteiger partial charge is 0.503 e. The van der Waals surface area contributed by atoms with Crippen molar-refractivity contribution >= 4 is 0 Å². The highest BCUT2D eigenvalue weighted by molar-refractivity contribution is 5.60. The van der Waals surface area contributed by atoms with E-state index in [0.29, 0.717) is 12.4 Å². The van der Waals surface area contributed by atoms with E-state index in [9.17, 15) is 14.3 Å². The molecule has 3 aromatic heterocycles. The number of hydrogen-bond donors (Lipinski definition) is 1. The van der Waals surface area contributed by atoms with Gasteiger partial charge in [0, 0.05) is 36.7 Å². The van der Waals surface area contributed by atoms with Crippen LogP contribution in [-0.4, -0.2) is 29.4 Å². The number of aromatic hydroxyl groups is 1. The summed E-state index contributed by atoms with van der Waals surface area (Å²) >= 11 is 0. The number of halogens is 1. The van der Waals surface area contributed by atoms with Crippen LogP contribution >= 0.6 is 0 Å². The number of rotatable bonds is 3. The third-order valence-corrected chi connectivity index (χ3v) is 5.52. The van der Waals surface area contributed by atoms with E-state index >= 15 is 0 Å². The van der Waals surface area contributed by atoms with Gasteiger partial charge in [-0.2, -0.15) is 5.10 Å². The average molecular weight is 403 g/mol. The predicted molar refractivity (Wildman–Crippen MR) is 108 cm³/mol. The van der Waals surface area contributed by atoms with Gasteiger partial charge in [0.15, 0.2) is 11.6 Å². The summed E-state index contributed by atoms with van der Waals surface area (Å²) in [5.74, 6) is -0.474. The molecule has 2 atom stereocenters. The van der Waals surface area contributed by atoms with E-state index in [1.807, 2.05) is 23.6 Å². The fraction of sp³-hybridized carbons (Fsp3) is 0.182. The lowest BCUT2D eigenvalue weighted by molar-refractivity contribution is 0.331. The molecule has 7 nitrogen and oxygen atoms in total. The number of pyridine rings is 1. The maximum atomic E-state index is 13.6. The molecule has 0 fully saturated rings. The Bertz CT molecular complexity index is 1230. The zero-order valence-electron chi connectivity index (χ0n) is 16.1. The van der Waals surface area contributed by atoms with E-state index < -0.39 is 5.43 Å². The summed E-state index contributed by atoms with van der Waals surface area (Å²) in [7, 11) is 0. The molecule has 1 N–H and O–H groups in total. The van der Waals surface area contributed by atoms with Crippen molar-refractivity contribution in [3.05, 3.63) is 94.0 Å². The van der Waals surface area contributed by atoms with Gasteiger partial charge in [-0.3, -0.25) is 14.5 Å². The number of hydrogen-bond acceptors (Lipinski definition) is 5. The molecule has 5 rings (SSSR count). The molecule has 8 heteroatoms. The van der Waals surface area contributed by atoms with Gasteiger partial charge in [-0.05, 0) is 36.2 Å². The van der Waals surface area contributed by atoms with Crippen LogP contribution in [0.4, 0.5) is 4.39 Å². The van der Waals surface area contributed by atoms with E-state index in [0.717, 1.165) is 23.0 Å². The van der Waals surface area contributed by atoms with Gasteiger partial charge < -0.3 is 9.67 Å². The van der Waals surface area contributed by atoms with E-state index in [-0.39, 0.29) is 29.2 Å². The van der Waals surface area contributed by atoms with Crippen LogP contribution in [0, 0.1) is 12.7 Å². The lowest BCUT2D eigenvalue weighted by Gasteiger charge is -2.34. The number of aromatic nitrogens is 5. The Morgan fingerprint density at radius 3 is 2.60 bits per heavy atom. The fourth-order valence-corrected chi connectivity index (χ4v) is 4.09. The van der Waals surface area contributed by atoms with Crippen molar-refractivity contribution in [2.45, 2.75) is 25.4 Å². The molecule has 30 heavy (non-hydrogen) atoms. The Balaban J connectivity index is 1.74. The Hall–Kier alpha value is -3.81. The van der Waals surface area contributed by atoms with Crippen molar-refractivity contribution in [1.29, 1.82) is 0 Å². The highest BCUT2D eigenvalue weighted by atomic mass is 19.1. The quantitative estimate of drug-likeness (QED) is 0.568. The van der Waals surface area contributed by atoms with Crippen molar-refractivity contribution in [3.8, 4) is 17.3 Å². The topological polar surface area (TPSA) is 85.8 Å². The van der Waals surface area contributed by atoms with Crippen LogP contribution in [0.15, 0.2) is 66.0 Å². The first-order valence-corrected chi connectivity index (χ1v) is 9.53. The predicted octanol–water partition coefficient (Wildman–Crippen LogP) is 3.04. The first kappa shape index (κ1) is 18.2. The van der Waals surface area contributed by atoms with Gasteiger partial charge in [0.2, 0.25) is 5.43 Å². The number of aryl methyl sites for hydroxylation is 1. The molecule has 0 saturated carbocycles. The number of fused-ring (bicyclic) bond motifs is 3. The highest BCUT2D eigenvalue weighted by Gasteiger charge is 2.35. The summed E-state index contributed by atoms with van der Waals surface area (Å²) in [6.45, 7) is 2.42. The molecule has 0 aliphatic carbocycles. The van der Waals surface area contributed by atoms with E-state index in [4.69, 9.17) is 0 Å². The Kier molecular flexibility index (Phi) is 4.20. The van der Waals surface area contributed by atoms with Gasteiger partial charge in [0.25, 0.3) is 0 Å². The third-order valence-electron chi connectivity index (χ3n) is 5.52. The first-order chi connectivity index (χ1) is 14.5. The smallest absolute Gasteiger partial charge is 0.242 e. The van der Waals surface area contributed by atoms with E-state index in [1.165, 1.54) is 12.1 Å². The molecule has 0 saturated heterocycles. The lowest BCUT2D eigenvalue weighted by atomic mass is 9.84. The number of nitrogens with zero attached hydrogens (tertiary/aromatic N) is 5. The molecule has 4 heterocycles. The van der Waals surface area contributed by atoms with Crippen LogP contribution in [0.1, 0.15) is 28.8 Å². The normalized spacial score (nSPS) is 16.0. The van der Waals surface area contributed by atoms with Gasteiger partial charge >= 0.3 is 0 Å². The molecule has 0 unspecified atom stereocenters. The zero-order chi connectivity index (χ0) is 20.8. The Morgan fingerprint density at radius 2 is 1.87 bits per heavy atom. The van der Waals surface area contributed by atoms with Crippen molar-refractivity contribution in [2.75, 3.05) is 0 Å². The summed E-state index contributed by atoms with van der Waals surface area (Å²) < 4.78 is 17.2. The molecule has 4 aromatic rings. The molecule has 150 valence electrons. The van der Waals surface area contributed by atoms with E-state index in [2.05, 4.69) is 15.1 Å². The molecule has 0 amide bonds. The maximum Gasteiger partial charge on any atom is 0.242 e. The van der Waals surface area contributed by atoms with Gasteiger partial charge in [0.1, 0.15) is 11.5 Å². The second kappa shape index (κ2) is 6.91. The van der Waals surface area contributed by atoms with Crippen LogP contribution in [0.3, 0.4) is 0 Å². The van der Waals surface area contributed by atoms with Gasteiger partial charge in [-0.25, -0.2) is 9.37 Å². The Labute approximate surface area is 171 Å². The van der Waals surface area contributed by atoms with Crippen molar-refractivity contribution in [2.24, 2.45) is 0 Å². The van der Waals surface area contributed by atoms with Crippen LogP contribution in [0.5, 0.6) is 5.75 Å². The minimum Gasteiger partial charge on any atom is -0.503 e. The monoisotopic (exact) mass is 403 g/mol. The second-order valence-corrected chi connectivity index (χ2v) is 7.38. The average Bonchev–Trinajstić information content (AvgIpc) is 3.22. The Morgan fingerprint density at radius 1 is 1.10 bits per heavy atom. The zero-order valence-corrected chi connectivity index (χ0v) is 16.1. The standard InChI is InChI=1S/C22H18FN5O2/c1-13-2-3-15(10-25-13)19(14-4-6-16(23)7-5-14)17-12-27-9-8-24-22(27)20-21(30)18(29)11-26-28(17)20/h2-11,17,19,30H,12H2,1H3/t17-,19-/m1/s1. The van der Waals surface area contributed by atoms with Gasteiger partial charge in [-0.15, -0.1) is 0 Å². The number of imidazole rings is 1. The first-order valence-electron chi connectivity index (χ1n) is 9.53. The van der Waals surface area contributed by atoms with Crippen molar-refractivity contribution in [1.82, 2.24) is 24.3 Å². The van der Waals surface area contributed by atoms with Gasteiger partial charge in [-0.1, -0.05) is 18.2 Å². The molecule has 1 aromatic carbocycles. The van der Waals surface area contributed by atoms with E-state index in [1.54, 1.807) is 35.4 Å². The van der Waals surface area contributed by atoms with Crippen molar-refractivity contribution in [3.63, 3.8) is 0 Å². The number of benzene rings is 1. The summed E-state index contributed by atoms with van der Waals surface area (Å²) in [6.07, 6.45) is 6.34. The summed E-state index contributed by atoms with van der Waals surface area (Å²) in [5.41, 5.74) is 2.40. The molecule has 0 bridgehead atoms. The minimum atomic E-state index is -0.563. The summed E-state index contributed by atoms with van der Waals surface area (Å²) in [4.78, 5) is 20.8. The SMILES string of the molecule is Cc1ccc([C@@H](c2ccc(F)cc2)[C@H]2Cn3ccnc3-c3c(O)c(=O)cnn32)cn1. The van der Waals surface area contributed by atoms with Crippen LogP contribution in [0.25, 0.3) is 11.5 Å². The highest BCUT2D eigenvalue weighted by Crippen LogP contribution is 2.42. The van der Waals surface area contributed by atoms with Crippen LogP contribution in [0.2, 0.25) is 0 Å². The molecular weight excluding hydrogens is 385 g/mol. The second-order valence-electron chi connectivity index (χ2n) is 7.38. The fourth-order valence-electron chi connectivity index (χ4n) is 4.09.